The maximum atomic E-state index is 12.6. The first-order valence-electron chi connectivity index (χ1n) is 7.53. The number of amides is 1. The van der Waals surface area contributed by atoms with E-state index in [-0.39, 0.29) is 18.1 Å². The first-order valence-corrected chi connectivity index (χ1v) is 7.94. The van der Waals surface area contributed by atoms with Crippen LogP contribution in [0.2, 0.25) is 0 Å². The van der Waals surface area contributed by atoms with Crippen molar-refractivity contribution in [2.75, 3.05) is 32.8 Å². The Morgan fingerprint density at radius 3 is 2.50 bits per heavy atom. The van der Waals surface area contributed by atoms with Crippen LogP contribution in [0.3, 0.4) is 0 Å². The van der Waals surface area contributed by atoms with Gasteiger partial charge in [-0.15, -0.1) is 0 Å². The van der Waals surface area contributed by atoms with Crippen molar-refractivity contribution in [2.24, 2.45) is 5.73 Å². The van der Waals surface area contributed by atoms with Crippen molar-refractivity contribution in [3.8, 4) is 0 Å². The maximum Gasteiger partial charge on any atom is 0.239 e. The second-order valence-electron chi connectivity index (χ2n) is 5.67. The summed E-state index contributed by atoms with van der Waals surface area (Å²) < 4.78 is 5.53. The van der Waals surface area contributed by atoms with E-state index in [1.165, 1.54) is 12.8 Å². The minimum absolute atomic E-state index is 0.117. The second kappa shape index (κ2) is 7.33. The van der Waals surface area contributed by atoms with Crippen LogP contribution in [0.5, 0.6) is 0 Å². The molecule has 0 spiro atoms. The second-order valence-corrected chi connectivity index (χ2v) is 6.14. The molecule has 2 unspecified atom stereocenters. The maximum absolute atomic E-state index is 12.6. The number of hydrogen-bond donors (Lipinski definition) is 1. The summed E-state index contributed by atoms with van der Waals surface area (Å²) in [6.07, 6.45) is 4.49. The number of carbonyl (C=O) groups is 1. The van der Waals surface area contributed by atoms with Gasteiger partial charge in [-0.25, -0.2) is 0 Å². The Morgan fingerprint density at radius 2 is 1.90 bits per heavy atom. The molecule has 2 saturated heterocycles. The summed E-state index contributed by atoms with van der Waals surface area (Å²) in [5.41, 5.74) is 5.65. The summed E-state index contributed by atoms with van der Waals surface area (Å²) in [6, 6.07) is -0.117. The highest BCUT2D eigenvalue weighted by molar-refractivity contribution is 7.80. The highest BCUT2D eigenvalue weighted by Gasteiger charge is 2.31. The highest BCUT2D eigenvalue weighted by atomic mass is 32.1. The fourth-order valence-corrected chi connectivity index (χ4v) is 3.05. The molecule has 0 aliphatic carbocycles. The van der Waals surface area contributed by atoms with Crippen molar-refractivity contribution in [1.29, 1.82) is 0 Å². The van der Waals surface area contributed by atoms with E-state index >= 15 is 0 Å². The van der Waals surface area contributed by atoms with Crippen molar-refractivity contribution in [3.05, 3.63) is 0 Å². The minimum atomic E-state index is -0.224. The van der Waals surface area contributed by atoms with E-state index in [4.69, 9.17) is 22.7 Å². The van der Waals surface area contributed by atoms with Gasteiger partial charge in [0, 0.05) is 26.2 Å². The van der Waals surface area contributed by atoms with Gasteiger partial charge in [0.1, 0.15) is 11.1 Å². The number of nitrogens with two attached hydrogens (primary N) is 1. The first-order chi connectivity index (χ1) is 9.59. The standard InChI is InChI=1S/C14H25N3O2S/c1-11(14(18)16-6-4-2-3-5-7-16)17-8-9-19-12(10-17)13(15)20/h11-12H,2-10H2,1H3,(H2,15,20). The smallest absolute Gasteiger partial charge is 0.239 e. The lowest BCUT2D eigenvalue weighted by Gasteiger charge is -2.37. The minimum Gasteiger partial charge on any atom is -0.391 e. The van der Waals surface area contributed by atoms with Crippen LogP contribution in [0.4, 0.5) is 0 Å². The summed E-state index contributed by atoms with van der Waals surface area (Å²) in [4.78, 5) is 17.1. The van der Waals surface area contributed by atoms with Crippen LogP contribution in [0.25, 0.3) is 0 Å². The van der Waals surface area contributed by atoms with Crippen LogP contribution in [0.1, 0.15) is 32.6 Å². The third-order valence-electron chi connectivity index (χ3n) is 4.24. The van der Waals surface area contributed by atoms with Crippen LogP contribution >= 0.6 is 12.2 Å². The Balaban J connectivity index is 1.93. The molecule has 0 saturated carbocycles. The fourth-order valence-electron chi connectivity index (χ4n) is 2.90. The predicted molar refractivity (Wildman–Crippen MR) is 82.6 cm³/mol. The normalized spacial score (nSPS) is 26.9. The third-order valence-corrected chi connectivity index (χ3v) is 4.50. The largest absolute Gasteiger partial charge is 0.391 e. The average molecular weight is 299 g/mol. The van der Waals surface area contributed by atoms with Gasteiger partial charge < -0.3 is 15.4 Å². The number of nitrogens with zero attached hydrogens (tertiary/aromatic N) is 2. The topological polar surface area (TPSA) is 58.8 Å². The molecule has 6 heteroatoms. The molecule has 2 heterocycles. The van der Waals surface area contributed by atoms with Crippen molar-refractivity contribution < 1.29 is 9.53 Å². The molecule has 0 aromatic heterocycles. The summed E-state index contributed by atoms with van der Waals surface area (Å²) in [5, 5.41) is 0. The molecule has 2 aliphatic rings. The van der Waals surface area contributed by atoms with E-state index in [0.29, 0.717) is 18.1 Å². The van der Waals surface area contributed by atoms with E-state index < -0.39 is 0 Å². The molecule has 0 bridgehead atoms. The molecular weight excluding hydrogens is 274 g/mol. The number of morpholine rings is 1. The van der Waals surface area contributed by atoms with Crippen LogP contribution in [0, 0.1) is 0 Å². The molecule has 0 aromatic rings. The molecule has 0 aromatic carbocycles. The lowest BCUT2D eigenvalue weighted by Crippen LogP contribution is -2.55. The van der Waals surface area contributed by atoms with Gasteiger partial charge in [-0.05, 0) is 19.8 Å². The Morgan fingerprint density at radius 1 is 1.25 bits per heavy atom. The molecule has 2 aliphatic heterocycles. The number of carbonyl (C=O) groups excluding carboxylic acids is 1. The zero-order valence-corrected chi connectivity index (χ0v) is 13.0. The van der Waals surface area contributed by atoms with Crippen LogP contribution in [-0.2, 0) is 9.53 Å². The van der Waals surface area contributed by atoms with E-state index in [1.54, 1.807) is 0 Å². The van der Waals surface area contributed by atoms with Gasteiger partial charge in [0.15, 0.2) is 0 Å². The predicted octanol–water partition coefficient (Wildman–Crippen LogP) is 0.764. The van der Waals surface area contributed by atoms with Crippen LogP contribution in [-0.4, -0.2) is 65.6 Å². The lowest BCUT2D eigenvalue weighted by molar-refractivity contribution is -0.138. The molecule has 2 N–H and O–H groups in total. The number of hydrogen-bond acceptors (Lipinski definition) is 4. The van der Waals surface area contributed by atoms with Gasteiger partial charge in [0.05, 0.1) is 12.6 Å². The number of rotatable bonds is 3. The van der Waals surface area contributed by atoms with E-state index in [2.05, 4.69) is 4.90 Å². The molecule has 5 nitrogen and oxygen atoms in total. The van der Waals surface area contributed by atoms with Gasteiger partial charge in [-0.3, -0.25) is 9.69 Å². The Bertz CT molecular complexity index is 356. The summed E-state index contributed by atoms with van der Waals surface area (Å²) in [6.45, 7) is 5.74. The van der Waals surface area contributed by atoms with Crippen molar-refractivity contribution >= 4 is 23.1 Å². The van der Waals surface area contributed by atoms with E-state index in [1.807, 2.05) is 11.8 Å². The molecule has 2 fully saturated rings. The monoisotopic (exact) mass is 299 g/mol. The zero-order chi connectivity index (χ0) is 14.5. The highest BCUT2D eigenvalue weighted by Crippen LogP contribution is 2.15. The van der Waals surface area contributed by atoms with Gasteiger partial charge in [-0.2, -0.15) is 0 Å². The van der Waals surface area contributed by atoms with Crippen LogP contribution in [0.15, 0.2) is 0 Å². The zero-order valence-electron chi connectivity index (χ0n) is 12.2. The third kappa shape index (κ3) is 3.90. The molecular formula is C14H25N3O2S. The van der Waals surface area contributed by atoms with Gasteiger partial charge >= 0.3 is 0 Å². The molecule has 1 amide bonds. The number of likely N-dealkylation sites (tertiary alicyclic amines) is 1. The van der Waals surface area contributed by atoms with Crippen molar-refractivity contribution in [1.82, 2.24) is 9.80 Å². The Hall–Kier alpha value is -0.720. The van der Waals surface area contributed by atoms with E-state index in [9.17, 15) is 4.79 Å². The quantitative estimate of drug-likeness (QED) is 0.780. The van der Waals surface area contributed by atoms with Gasteiger partial charge in [0.25, 0.3) is 0 Å². The lowest BCUT2D eigenvalue weighted by atomic mass is 10.2. The fraction of sp³-hybridized carbons (Fsp3) is 0.857. The van der Waals surface area contributed by atoms with E-state index in [0.717, 1.165) is 32.5 Å². The molecule has 2 atom stereocenters. The number of ether oxygens (including phenoxy) is 1. The van der Waals surface area contributed by atoms with Gasteiger partial charge in [-0.1, -0.05) is 25.1 Å². The first kappa shape index (κ1) is 15.7. The van der Waals surface area contributed by atoms with Crippen LogP contribution < -0.4 is 5.73 Å². The number of thiocarbonyl (C=S) groups is 1. The average Bonchev–Trinajstić information content (AvgIpc) is 2.75. The van der Waals surface area contributed by atoms with Gasteiger partial charge in [0.2, 0.25) is 5.91 Å². The molecule has 114 valence electrons. The van der Waals surface area contributed by atoms with Crippen molar-refractivity contribution in [2.45, 2.75) is 44.8 Å². The Kier molecular flexibility index (Phi) is 5.74. The summed E-state index contributed by atoms with van der Waals surface area (Å²) >= 11 is 4.99. The summed E-state index contributed by atoms with van der Waals surface area (Å²) in [7, 11) is 0. The van der Waals surface area contributed by atoms with Crippen molar-refractivity contribution in [3.63, 3.8) is 0 Å². The molecule has 0 radical (unpaired) electrons. The SMILES string of the molecule is CC(C(=O)N1CCCCCC1)N1CCOC(C(N)=S)C1. The summed E-state index contributed by atoms with van der Waals surface area (Å²) in [5.74, 6) is 0.232. The Labute approximate surface area is 126 Å². The molecule has 2 rings (SSSR count). The molecule has 20 heavy (non-hydrogen) atoms.